The molecule has 19 heteroatoms. The quantitative estimate of drug-likeness (QED) is 0.0672. The van der Waals surface area contributed by atoms with Gasteiger partial charge in [-0.25, -0.2) is 9.37 Å². The van der Waals surface area contributed by atoms with E-state index in [9.17, 15) is 19.8 Å². The second-order valence-electron chi connectivity index (χ2n) is 24.0. The Bertz CT molecular complexity index is 3420. The van der Waals surface area contributed by atoms with Crippen molar-refractivity contribution >= 4 is 56.5 Å². The zero-order valence-electron chi connectivity index (χ0n) is 47.7. The van der Waals surface area contributed by atoms with Crippen molar-refractivity contribution in [3.05, 3.63) is 101 Å². The third-order valence-corrected chi connectivity index (χ3v) is 19.2. The number of hydrogen-bond donors (Lipinski definition) is 4. The number of ether oxygens (including phenoxy) is 1. The van der Waals surface area contributed by atoms with Crippen molar-refractivity contribution in [2.45, 2.75) is 129 Å². The number of benzene rings is 3. The summed E-state index contributed by atoms with van der Waals surface area (Å²) in [7, 11) is 0. The number of carbonyl (C=O) groups is 2. The molecule has 2 amide bonds. The van der Waals surface area contributed by atoms with Crippen molar-refractivity contribution in [1.82, 2.24) is 45.5 Å². The zero-order valence-corrected chi connectivity index (χ0v) is 48.5. The van der Waals surface area contributed by atoms with Gasteiger partial charge in [0.1, 0.15) is 41.3 Å². The molecule has 5 fully saturated rings. The van der Waals surface area contributed by atoms with Crippen molar-refractivity contribution in [2.75, 3.05) is 68.8 Å². The molecule has 0 saturated carbocycles. The number of rotatable bonds is 17. The lowest BCUT2D eigenvalue weighted by atomic mass is 9.83. The van der Waals surface area contributed by atoms with E-state index in [2.05, 4.69) is 42.4 Å². The van der Waals surface area contributed by atoms with E-state index in [4.69, 9.17) is 24.2 Å². The molecule has 6 atom stereocenters. The van der Waals surface area contributed by atoms with Crippen LogP contribution in [-0.2, 0) is 16.0 Å². The summed E-state index contributed by atoms with van der Waals surface area (Å²) >= 11 is 1.60. The number of fused-ring (bicyclic) bond motifs is 4. The van der Waals surface area contributed by atoms with Crippen LogP contribution in [0.25, 0.3) is 43.4 Å². The van der Waals surface area contributed by atoms with Crippen LogP contribution in [-0.4, -0.2) is 140 Å². The number of nitrogens with zero attached hydrogens (tertiary/aromatic N) is 9. The highest BCUT2D eigenvalue weighted by molar-refractivity contribution is 7.13. The van der Waals surface area contributed by atoms with Crippen molar-refractivity contribution in [2.24, 2.45) is 17.8 Å². The minimum atomic E-state index is -0.813. The maximum Gasteiger partial charge on any atom is 0.319 e. The number of carbonyl (C=O) groups excluding carboxylic acids is 2. The number of thiazole rings is 1. The third-order valence-electron chi connectivity index (χ3n) is 18.2. The third kappa shape index (κ3) is 11.5. The Morgan fingerprint density at radius 3 is 2.37 bits per heavy atom. The number of β-amino-alcohol motifs (C(OH)–C–C–N with tert-alkyl or cyclic N) is 1. The minimum Gasteiger partial charge on any atom is -0.508 e. The first-order chi connectivity index (χ1) is 39.7. The number of hydrogen-bond acceptors (Lipinski definition) is 16. The largest absolute Gasteiger partial charge is 0.508 e. The molecule has 0 spiro atoms. The molecule has 12 rings (SSSR count). The molecule has 5 aliphatic rings. The molecule has 432 valence electrons. The Morgan fingerprint density at radius 2 is 1.66 bits per heavy atom. The number of likely N-dealkylation sites (tertiary alicyclic amines) is 2. The van der Waals surface area contributed by atoms with Gasteiger partial charge in [0.25, 0.3) is 0 Å². The average molecular weight is 1130 g/mol. The van der Waals surface area contributed by atoms with Crippen molar-refractivity contribution in [1.29, 1.82) is 0 Å². The minimum absolute atomic E-state index is 0.0471. The molecule has 17 nitrogen and oxygen atoms in total. The van der Waals surface area contributed by atoms with E-state index in [0.717, 1.165) is 128 Å². The number of aliphatic hydroxyl groups is 1. The molecule has 7 aromatic rings. The lowest BCUT2D eigenvalue weighted by molar-refractivity contribution is -0.141. The highest BCUT2D eigenvalue weighted by atomic mass is 32.1. The molecule has 4 N–H and O–H groups in total. The molecule has 82 heavy (non-hydrogen) atoms. The van der Waals surface area contributed by atoms with Crippen LogP contribution in [0.2, 0.25) is 0 Å². The lowest BCUT2D eigenvalue weighted by Gasteiger charge is -2.36. The van der Waals surface area contributed by atoms with Gasteiger partial charge in [0.2, 0.25) is 11.8 Å². The first-order valence-electron chi connectivity index (χ1n) is 29.7. The first-order valence-corrected chi connectivity index (χ1v) is 30.6. The first kappa shape index (κ1) is 55.7. The number of aliphatic hydroxyl groups excluding tert-OH is 1. The van der Waals surface area contributed by atoms with Gasteiger partial charge in [-0.3, -0.25) is 19.5 Å². The van der Waals surface area contributed by atoms with Crippen molar-refractivity contribution in [3.63, 3.8) is 0 Å². The van der Waals surface area contributed by atoms with Crippen LogP contribution < -0.4 is 25.2 Å². The Balaban J connectivity index is 0.634. The summed E-state index contributed by atoms with van der Waals surface area (Å²) in [6, 6.07) is 18.9. The number of halogens is 1. The van der Waals surface area contributed by atoms with Crippen LogP contribution in [0.5, 0.6) is 11.8 Å². The van der Waals surface area contributed by atoms with Crippen LogP contribution in [0.15, 0.2) is 76.9 Å². The second-order valence-corrected chi connectivity index (χ2v) is 24.9. The molecule has 0 aliphatic carbocycles. The molecule has 2 unspecified atom stereocenters. The van der Waals surface area contributed by atoms with E-state index in [-0.39, 0.29) is 59.7 Å². The van der Waals surface area contributed by atoms with Crippen LogP contribution in [0.4, 0.5) is 16.0 Å². The number of anilines is 2. The number of amides is 2. The molecule has 5 saturated heterocycles. The summed E-state index contributed by atoms with van der Waals surface area (Å²) in [5.41, 5.74) is 6.71. The number of aromatic hydroxyl groups is 1. The molecule has 4 aromatic heterocycles. The normalized spacial score (nSPS) is 21.7. The van der Waals surface area contributed by atoms with E-state index in [0.29, 0.717) is 59.6 Å². The number of pyridine rings is 1. The number of phenols is 1. The van der Waals surface area contributed by atoms with Gasteiger partial charge in [0.05, 0.1) is 33.6 Å². The molecule has 3 aromatic carbocycles. The van der Waals surface area contributed by atoms with Gasteiger partial charge >= 0.3 is 6.01 Å². The molecule has 5 aliphatic heterocycles. The molecular weight excluding hydrogens is 1060 g/mol. The van der Waals surface area contributed by atoms with Crippen molar-refractivity contribution in [3.8, 4) is 33.5 Å². The number of phenolic OH excluding ortho intramolecular Hbond substituents is 1. The summed E-state index contributed by atoms with van der Waals surface area (Å²) in [5.74, 6) is 1.22. The topological polar surface area (TPSA) is 198 Å². The van der Waals surface area contributed by atoms with Gasteiger partial charge in [-0.1, -0.05) is 68.4 Å². The molecular formula is C63H76FN11O6S. The number of piperidine rings is 2. The highest BCUT2D eigenvalue weighted by Gasteiger charge is 2.44. The number of aryl methyl sites for hydroxylation is 2. The van der Waals surface area contributed by atoms with E-state index >= 15 is 4.39 Å². The Morgan fingerprint density at radius 1 is 0.915 bits per heavy atom. The summed E-state index contributed by atoms with van der Waals surface area (Å²) in [4.78, 5) is 56.7. The Kier molecular flexibility index (Phi) is 16.2. The predicted molar refractivity (Wildman–Crippen MR) is 317 cm³/mol. The molecule has 9 heterocycles. The smallest absolute Gasteiger partial charge is 0.319 e. The standard InChI is InChI=1S/C63H76FN11O6S/c1-6-41-8-7-9-44-27-47(76)28-49(55(41)44)57-56(64)58-50(31-65-57)60(74-32-45-14-15-46(33-74)68-45)70-63(69-58)80-25-24-72-20-16-39(17-21-72)26-40-18-22-73(23-19-40)53-30-52(81-71-53)54(36(2)3)62(79)75-34-48(77)29-51(75)61(78)67-37(4)42-10-12-43(13-11-42)59-38(5)66-35-82-59/h7-13,27-28,30-31,35-37,39-40,45-46,48,51,54,68,76-77H,6,14-26,29,32-34H2,1-5H3,(H,67,78)/t37-,45?,46?,48+,51-,54+/m0/s1. The van der Waals surface area contributed by atoms with E-state index in [1.54, 1.807) is 29.7 Å². The van der Waals surface area contributed by atoms with Gasteiger partial charge in [-0.05, 0) is 136 Å². The maximum absolute atomic E-state index is 17.1. The van der Waals surface area contributed by atoms with Crippen LogP contribution in [0, 0.1) is 30.5 Å². The van der Waals surface area contributed by atoms with Crippen LogP contribution >= 0.6 is 11.3 Å². The fraction of sp³-hybridized carbons (Fsp3) is 0.508. The van der Waals surface area contributed by atoms with E-state index in [1.165, 1.54) is 11.3 Å². The summed E-state index contributed by atoms with van der Waals surface area (Å²) in [6.07, 6.45) is 9.46. The molecule has 2 bridgehead atoms. The fourth-order valence-corrected chi connectivity index (χ4v) is 14.5. The number of aromatic nitrogens is 5. The van der Waals surface area contributed by atoms with Crippen molar-refractivity contribution < 1.29 is 33.5 Å². The van der Waals surface area contributed by atoms with Gasteiger partial charge in [0.15, 0.2) is 17.4 Å². The maximum atomic E-state index is 17.1. The average Bonchev–Trinajstić information content (AvgIpc) is 3.28. The SMILES string of the molecule is CCc1cccc2cc(O)cc(-c3ncc4c(N5CC6CCC(C5)N6)nc(OCCN5CCC(CC6CCN(c7cc([C@H](C(=O)N8C[C@H](O)C[C@H]8C(=O)N[C@@H](C)c8ccc(-c9scnc9C)cc8)C(C)C)on7)CC6)CC5)nc4c3F)c12. The molecule has 0 radical (unpaired) electrons. The summed E-state index contributed by atoms with van der Waals surface area (Å²) < 4.78 is 29.5. The number of piperazine rings is 1. The summed E-state index contributed by atoms with van der Waals surface area (Å²) in [5, 5.41) is 35.1. The predicted octanol–water partition coefficient (Wildman–Crippen LogP) is 9.59. The Labute approximate surface area is 482 Å². The van der Waals surface area contributed by atoms with E-state index in [1.807, 2.05) is 81.7 Å². The van der Waals surface area contributed by atoms with Gasteiger partial charge in [-0.15, -0.1) is 11.3 Å². The fourth-order valence-electron chi connectivity index (χ4n) is 13.7. The van der Waals surface area contributed by atoms with E-state index < -0.39 is 23.9 Å². The lowest BCUT2D eigenvalue weighted by Crippen LogP contribution is -2.51. The second kappa shape index (κ2) is 23.8. The monoisotopic (exact) mass is 1130 g/mol. The van der Waals surface area contributed by atoms with Crippen LogP contribution in [0.3, 0.4) is 0 Å². The zero-order chi connectivity index (χ0) is 56.8. The Hall–Kier alpha value is -6.80. The summed E-state index contributed by atoms with van der Waals surface area (Å²) in [6.45, 7) is 16.3. The number of nitrogens with one attached hydrogen (secondary N) is 2. The van der Waals surface area contributed by atoms with Gasteiger partial charge < -0.3 is 44.8 Å². The van der Waals surface area contributed by atoms with Crippen LogP contribution in [0.1, 0.15) is 114 Å². The van der Waals surface area contributed by atoms with Gasteiger partial charge in [-0.2, -0.15) is 9.97 Å². The highest BCUT2D eigenvalue weighted by Crippen LogP contribution is 2.41. The van der Waals surface area contributed by atoms with Gasteiger partial charge in [0, 0.05) is 75.6 Å².